The van der Waals surface area contributed by atoms with Crippen molar-refractivity contribution in [2.45, 2.75) is 59.3 Å². The van der Waals surface area contributed by atoms with Crippen LogP contribution >= 0.6 is 0 Å². The van der Waals surface area contributed by atoms with E-state index in [0.717, 1.165) is 11.1 Å². The Bertz CT molecular complexity index is 491. The van der Waals surface area contributed by atoms with Gasteiger partial charge in [-0.25, -0.2) is 0 Å². The molecular weight excluding hydrogens is 238 g/mol. The van der Waals surface area contributed by atoms with Crippen molar-refractivity contribution in [3.63, 3.8) is 0 Å². The van der Waals surface area contributed by atoms with E-state index in [1.54, 1.807) is 0 Å². The minimum absolute atomic E-state index is 0.0408. The van der Waals surface area contributed by atoms with Gasteiger partial charge in [0, 0.05) is 12.5 Å². The van der Waals surface area contributed by atoms with Gasteiger partial charge in [0.15, 0.2) is 0 Å². The van der Waals surface area contributed by atoms with E-state index in [1.165, 1.54) is 6.92 Å². The first-order valence-electron chi connectivity index (χ1n) is 6.58. The van der Waals surface area contributed by atoms with Crippen molar-refractivity contribution in [3.8, 4) is 5.75 Å². The summed E-state index contributed by atoms with van der Waals surface area (Å²) in [6, 6.07) is 3.88. The highest BCUT2D eigenvalue weighted by atomic mass is 16.3. The largest absolute Gasteiger partial charge is 0.505 e. The molecule has 1 rings (SSSR count). The van der Waals surface area contributed by atoms with Gasteiger partial charge in [-0.1, -0.05) is 47.6 Å². The normalized spacial score (nSPS) is 12.4. The molecular formula is C16H25NO2. The molecule has 0 unspecified atom stereocenters. The molecule has 0 saturated heterocycles. The maximum Gasteiger partial charge on any atom is 0.221 e. The van der Waals surface area contributed by atoms with Gasteiger partial charge in [-0.05, 0) is 22.5 Å². The number of aromatic hydroxyl groups is 1. The fourth-order valence-electron chi connectivity index (χ4n) is 1.92. The number of phenols is 1. The molecule has 0 heterocycles. The van der Waals surface area contributed by atoms with Gasteiger partial charge in [0.1, 0.15) is 5.75 Å². The van der Waals surface area contributed by atoms with E-state index < -0.39 is 0 Å². The molecule has 0 spiro atoms. The first kappa shape index (κ1) is 15.5. The Morgan fingerprint density at radius 1 is 1.05 bits per heavy atom. The molecule has 106 valence electrons. The Kier molecular flexibility index (Phi) is 3.99. The first-order chi connectivity index (χ1) is 8.43. The highest BCUT2D eigenvalue weighted by Crippen LogP contribution is 2.40. The van der Waals surface area contributed by atoms with E-state index in [9.17, 15) is 9.90 Å². The molecule has 0 aliphatic carbocycles. The lowest BCUT2D eigenvalue weighted by molar-refractivity contribution is -0.114. The van der Waals surface area contributed by atoms with E-state index in [1.807, 2.05) is 32.9 Å². The number of nitrogens with one attached hydrogen (secondary N) is 1. The van der Waals surface area contributed by atoms with Crippen LogP contribution in [0.5, 0.6) is 5.75 Å². The third kappa shape index (κ3) is 3.72. The summed E-state index contributed by atoms with van der Waals surface area (Å²) in [5.74, 6) is -0.0167. The monoisotopic (exact) mass is 263 g/mol. The topological polar surface area (TPSA) is 49.3 Å². The number of hydrogen-bond donors (Lipinski definition) is 2. The zero-order valence-corrected chi connectivity index (χ0v) is 13.0. The standard InChI is InChI=1S/C16H25NO2/c1-10(18)17-13-9-11(15(2,3)4)8-12(14(13)19)16(5,6)7/h8-9,19H,1-7H3,(H,17,18). The van der Waals surface area contributed by atoms with Crippen molar-refractivity contribution in [2.75, 3.05) is 5.32 Å². The summed E-state index contributed by atoms with van der Waals surface area (Å²) in [6.45, 7) is 13.9. The minimum Gasteiger partial charge on any atom is -0.505 e. The number of carbonyl (C=O) groups is 1. The average Bonchev–Trinajstić information content (AvgIpc) is 2.16. The number of amides is 1. The van der Waals surface area contributed by atoms with E-state index in [4.69, 9.17) is 0 Å². The van der Waals surface area contributed by atoms with Gasteiger partial charge < -0.3 is 10.4 Å². The second-order valence-corrected chi connectivity index (χ2v) is 7.10. The quantitative estimate of drug-likeness (QED) is 0.754. The number of rotatable bonds is 1. The summed E-state index contributed by atoms with van der Waals surface area (Å²) >= 11 is 0. The van der Waals surface area contributed by atoms with Crippen LogP contribution in [0.2, 0.25) is 0 Å². The molecule has 2 N–H and O–H groups in total. The Morgan fingerprint density at radius 2 is 1.58 bits per heavy atom. The molecule has 3 nitrogen and oxygen atoms in total. The van der Waals surface area contributed by atoms with Crippen LogP contribution in [-0.2, 0) is 15.6 Å². The molecule has 3 heteroatoms. The van der Waals surface area contributed by atoms with Crippen LogP contribution in [0.25, 0.3) is 0 Å². The van der Waals surface area contributed by atoms with Crippen molar-refractivity contribution in [2.24, 2.45) is 0 Å². The van der Waals surface area contributed by atoms with Crippen LogP contribution in [0.15, 0.2) is 12.1 Å². The van der Waals surface area contributed by atoms with Crippen LogP contribution in [0.4, 0.5) is 5.69 Å². The lowest BCUT2D eigenvalue weighted by Gasteiger charge is -2.27. The second-order valence-electron chi connectivity index (χ2n) is 7.10. The Morgan fingerprint density at radius 3 is 1.95 bits per heavy atom. The molecule has 0 bridgehead atoms. The maximum atomic E-state index is 11.3. The Balaban J connectivity index is 3.52. The Labute approximate surface area is 116 Å². The molecule has 0 atom stereocenters. The van der Waals surface area contributed by atoms with Gasteiger partial charge in [-0.2, -0.15) is 0 Å². The molecule has 1 amide bonds. The van der Waals surface area contributed by atoms with Crippen LogP contribution in [0, 0.1) is 0 Å². The number of phenolic OH excluding ortho intramolecular Hbond substituents is 1. The highest BCUT2D eigenvalue weighted by Gasteiger charge is 2.25. The van der Waals surface area contributed by atoms with Gasteiger partial charge in [0.25, 0.3) is 0 Å². The van der Waals surface area contributed by atoms with Gasteiger partial charge in [-0.3, -0.25) is 4.79 Å². The zero-order valence-electron chi connectivity index (χ0n) is 13.0. The number of hydrogen-bond acceptors (Lipinski definition) is 2. The van der Waals surface area contributed by atoms with Crippen LogP contribution < -0.4 is 5.32 Å². The predicted molar refractivity (Wildman–Crippen MR) is 79.8 cm³/mol. The highest BCUT2D eigenvalue weighted by molar-refractivity contribution is 5.91. The number of anilines is 1. The van der Waals surface area contributed by atoms with Gasteiger partial charge in [0.2, 0.25) is 5.91 Å². The molecule has 0 aliphatic rings. The fourth-order valence-corrected chi connectivity index (χ4v) is 1.92. The van der Waals surface area contributed by atoms with Crippen molar-refractivity contribution in [1.82, 2.24) is 0 Å². The van der Waals surface area contributed by atoms with Gasteiger partial charge in [0.05, 0.1) is 5.69 Å². The van der Waals surface area contributed by atoms with E-state index in [0.29, 0.717) is 5.69 Å². The molecule has 0 saturated carbocycles. The molecule has 1 aromatic carbocycles. The van der Waals surface area contributed by atoms with Crippen molar-refractivity contribution < 1.29 is 9.90 Å². The maximum absolute atomic E-state index is 11.3. The lowest BCUT2D eigenvalue weighted by atomic mass is 9.79. The summed E-state index contributed by atoms with van der Waals surface area (Å²) in [6.07, 6.45) is 0. The molecule has 0 fully saturated rings. The van der Waals surface area contributed by atoms with Crippen LogP contribution in [0.1, 0.15) is 59.6 Å². The second kappa shape index (κ2) is 4.87. The molecule has 0 aliphatic heterocycles. The molecule has 0 aromatic heterocycles. The molecule has 19 heavy (non-hydrogen) atoms. The predicted octanol–water partition coefficient (Wildman–Crippen LogP) is 3.95. The van der Waals surface area contributed by atoms with Crippen molar-refractivity contribution in [1.29, 1.82) is 0 Å². The van der Waals surface area contributed by atoms with E-state index in [-0.39, 0.29) is 22.5 Å². The smallest absolute Gasteiger partial charge is 0.221 e. The molecule has 1 aromatic rings. The van der Waals surface area contributed by atoms with E-state index in [2.05, 4.69) is 26.1 Å². The van der Waals surface area contributed by atoms with Gasteiger partial charge >= 0.3 is 0 Å². The number of benzene rings is 1. The minimum atomic E-state index is -0.182. The van der Waals surface area contributed by atoms with Gasteiger partial charge in [-0.15, -0.1) is 0 Å². The van der Waals surface area contributed by atoms with Crippen molar-refractivity contribution in [3.05, 3.63) is 23.3 Å². The first-order valence-corrected chi connectivity index (χ1v) is 6.58. The van der Waals surface area contributed by atoms with Crippen LogP contribution in [0.3, 0.4) is 0 Å². The Hall–Kier alpha value is -1.51. The summed E-state index contributed by atoms with van der Waals surface area (Å²) < 4.78 is 0. The SMILES string of the molecule is CC(=O)Nc1cc(C(C)(C)C)cc(C(C)(C)C)c1O. The number of carbonyl (C=O) groups excluding carboxylic acids is 1. The van der Waals surface area contributed by atoms with Crippen molar-refractivity contribution >= 4 is 11.6 Å². The third-order valence-electron chi connectivity index (χ3n) is 3.09. The fraction of sp³-hybridized carbons (Fsp3) is 0.562. The third-order valence-corrected chi connectivity index (χ3v) is 3.09. The van der Waals surface area contributed by atoms with Crippen LogP contribution in [-0.4, -0.2) is 11.0 Å². The molecule has 0 radical (unpaired) electrons. The summed E-state index contributed by atoms with van der Waals surface area (Å²) in [5, 5.41) is 13.1. The summed E-state index contributed by atoms with van der Waals surface area (Å²) in [4.78, 5) is 11.3. The zero-order chi connectivity index (χ0) is 15.0. The lowest BCUT2D eigenvalue weighted by Crippen LogP contribution is -2.18. The summed E-state index contributed by atoms with van der Waals surface area (Å²) in [5.41, 5.74) is 2.21. The average molecular weight is 263 g/mol. The summed E-state index contributed by atoms with van der Waals surface area (Å²) in [7, 11) is 0. The van der Waals surface area contributed by atoms with E-state index >= 15 is 0 Å².